The van der Waals surface area contributed by atoms with Gasteiger partial charge in [-0.2, -0.15) is 0 Å². The molecule has 1 aliphatic heterocycles. The molecule has 1 amide bonds. The Labute approximate surface area is 214 Å². The van der Waals surface area contributed by atoms with Gasteiger partial charge in [0.05, 0.1) is 17.4 Å². The van der Waals surface area contributed by atoms with Crippen LogP contribution in [-0.2, 0) is 31.0 Å². The summed E-state index contributed by atoms with van der Waals surface area (Å²) in [5, 5.41) is 9.71. The normalized spacial score (nSPS) is 15.0. The van der Waals surface area contributed by atoms with Crippen LogP contribution in [0.2, 0.25) is 0 Å². The third-order valence-electron chi connectivity index (χ3n) is 6.45. The second kappa shape index (κ2) is 13.1. The molecule has 0 aliphatic carbocycles. The smallest absolute Gasteiger partial charge is 0.237 e. The average molecular weight is 488 g/mol. The lowest BCUT2D eigenvalue weighted by Crippen LogP contribution is -2.44. The summed E-state index contributed by atoms with van der Waals surface area (Å²) in [5.41, 5.74) is 4.24. The van der Waals surface area contributed by atoms with Crippen LogP contribution in [-0.4, -0.2) is 60.0 Å². The number of benzene rings is 1. The first kappa shape index (κ1) is 25.8. The van der Waals surface area contributed by atoms with Crippen molar-refractivity contribution in [3.63, 3.8) is 0 Å². The zero-order valence-electron chi connectivity index (χ0n) is 21.3. The number of hydrogen-bond donors (Lipinski definition) is 3. The highest BCUT2D eigenvalue weighted by atomic mass is 16.2. The number of piperazine rings is 1. The first-order valence-electron chi connectivity index (χ1n) is 12.7. The van der Waals surface area contributed by atoms with Crippen LogP contribution in [0, 0.1) is 0 Å². The molecule has 0 saturated carbocycles. The summed E-state index contributed by atoms with van der Waals surface area (Å²) in [4.78, 5) is 26.2. The van der Waals surface area contributed by atoms with E-state index in [0.717, 1.165) is 62.0 Å². The maximum Gasteiger partial charge on any atom is 0.237 e. The average Bonchev–Trinajstić information content (AvgIpc) is 2.92. The van der Waals surface area contributed by atoms with Gasteiger partial charge in [-0.05, 0) is 49.4 Å². The summed E-state index contributed by atoms with van der Waals surface area (Å²) in [5.74, 6) is 1.04. The molecule has 36 heavy (non-hydrogen) atoms. The highest BCUT2D eigenvalue weighted by Gasteiger charge is 2.15. The number of nitrogens with zero attached hydrogens (tertiary/aromatic N) is 4. The SMILES string of the molecule is C[C@H](NCc1ccccn1)C(=O)NCc1ccc(CNCc2cccc(N3CCN(C)CC3)n2)cc1. The molecule has 3 N–H and O–H groups in total. The molecule has 0 unspecified atom stereocenters. The van der Waals surface area contributed by atoms with Crippen molar-refractivity contribution in [1.82, 2.24) is 30.8 Å². The van der Waals surface area contributed by atoms with Gasteiger partial charge < -0.3 is 25.8 Å². The molecule has 0 radical (unpaired) electrons. The fourth-order valence-corrected chi connectivity index (χ4v) is 4.08. The van der Waals surface area contributed by atoms with Crippen LogP contribution in [0.4, 0.5) is 5.82 Å². The summed E-state index contributed by atoms with van der Waals surface area (Å²) in [6, 6.07) is 20.1. The van der Waals surface area contributed by atoms with Gasteiger partial charge in [0.2, 0.25) is 5.91 Å². The maximum atomic E-state index is 12.4. The van der Waals surface area contributed by atoms with Gasteiger partial charge in [-0.15, -0.1) is 0 Å². The van der Waals surface area contributed by atoms with Gasteiger partial charge in [-0.3, -0.25) is 9.78 Å². The van der Waals surface area contributed by atoms with E-state index in [0.29, 0.717) is 13.1 Å². The molecule has 4 rings (SSSR count). The van der Waals surface area contributed by atoms with Crippen molar-refractivity contribution in [3.8, 4) is 0 Å². The molecule has 2 aromatic heterocycles. The number of anilines is 1. The number of amides is 1. The van der Waals surface area contributed by atoms with Crippen molar-refractivity contribution in [2.24, 2.45) is 0 Å². The number of likely N-dealkylation sites (N-methyl/N-ethyl adjacent to an activating group) is 1. The molecule has 1 aliphatic rings. The fourth-order valence-electron chi connectivity index (χ4n) is 4.08. The molecule has 0 bridgehead atoms. The molecule has 1 fully saturated rings. The van der Waals surface area contributed by atoms with Gasteiger partial charge in [0.25, 0.3) is 0 Å². The van der Waals surface area contributed by atoms with Crippen LogP contribution in [0.5, 0.6) is 0 Å². The van der Waals surface area contributed by atoms with Crippen molar-refractivity contribution < 1.29 is 4.79 Å². The van der Waals surface area contributed by atoms with E-state index in [9.17, 15) is 4.79 Å². The van der Waals surface area contributed by atoms with Crippen LogP contribution < -0.4 is 20.9 Å². The van der Waals surface area contributed by atoms with E-state index in [1.165, 1.54) is 5.56 Å². The summed E-state index contributed by atoms with van der Waals surface area (Å²) in [6.45, 7) is 8.62. The van der Waals surface area contributed by atoms with Crippen molar-refractivity contribution in [3.05, 3.63) is 89.4 Å². The van der Waals surface area contributed by atoms with Gasteiger partial charge in [-0.25, -0.2) is 4.98 Å². The van der Waals surface area contributed by atoms with Crippen molar-refractivity contribution in [1.29, 1.82) is 0 Å². The topological polar surface area (TPSA) is 85.4 Å². The van der Waals surface area contributed by atoms with E-state index in [4.69, 9.17) is 4.98 Å². The van der Waals surface area contributed by atoms with Gasteiger partial charge in [0, 0.05) is 58.6 Å². The Balaban J connectivity index is 1.17. The first-order valence-corrected chi connectivity index (χ1v) is 12.7. The highest BCUT2D eigenvalue weighted by molar-refractivity contribution is 5.81. The van der Waals surface area contributed by atoms with E-state index >= 15 is 0 Å². The number of rotatable bonds is 11. The van der Waals surface area contributed by atoms with Gasteiger partial charge >= 0.3 is 0 Å². The molecule has 1 atom stereocenters. The summed E-state index contributed by atoms with van der Waals surface area (Å²) in [6.07, 6.45) is 1.75. The predicted molar refractivity (Wildman–Crippen MR) is 143 cm³/mol. The van der Waals surface area contributed by atoms with Gasteiger partial charge in [0.15, 0.2) is 0 Å². The number of pyridine rings is 2. The largest absolute Gasteiger partial charge is 0.354 e. The number of hydrogen-bond acceptors (Lipinski definition) is 7. The Morgan fingerprint density at radius 3 is 2.31 bits per heavy atom. The fraction of sp³-hybridized carbons (Fsp3) is 0.393. The molecule has 0 spiro atoms. The summed E-state index contributed by atoms with van der Waals surface area (Å²) < 4.78 is 0. The minimum Gasteiger partial charge on any atom is -0.354 e. The molecule has 3 aromatic rings. The third kappa shape index (κ3) is 7.84. The van der Waals surface area contributed by atoms with Crippen LogP contribution in [0.25, 0.3) is 0 Å². The minimum atomic E-state index is -0.293. The number of carbonyl (C=O) groups excluding carboxylic acids is 1. The zero-order valence-corrected chi connectivity index (χ0v) is 21.3. The van der Waals surface area contributed by atoms with Gasteiger partial charge in [-0.1, -0.05) is 36.4 Å². The van der Waals surface area contributed by atoms with E-state index in [1.807, 2.05) is 25.1 Å². The van der Waals surface area contributed by atoms with E-state index in [1.54, 1.807) is 6.20 Å². The third-order valence-corrected chi connectivity index (χ3v) is 6.45. The lowest BCUT2D eigenvalue weighted by molar-refractivity contribution is -0.122. The van der Waals surface area contributed by atoms with Crippen LogP contribution >= 0.6 is 0 Å². The van der Waals surface area contributed by atoms with Crippen LogP contribution in [0.1, 0.15) is 29.4 Å². The quantitative estimate of drug-likeness (QED) is 0.383. The molecular weight excluding hydrogens is 450 g/mol. The van der Waals surface area contributed by atoms with Crippen molar-refractivity contribution in [2.45, 2.75) is 39.1 Å². The van der Waals surface area contributed by atoms with Crippen molar-refractivity contribution >= 4 is 11.7 Å². The van der Waals surface area contributed by atoms with Crippen LogP contribution in [0.15, 0.2) is 66.9 Å². The number of aromatic nitrogens is 2. The van der Waals surface area contributed by atoms with E-state index in [-0.39, 0.29) is 11.9 Å². The first-order chi connectivity index (χ1) is 17.6. The predicted octanol–water partition coefficient (Wildman–Crippen LogP) is 2.31. The van der Waals surface area contributed by atoms with E-state index in [2.05, 4.69) is 80.2 Å². The Kier molecular flexibility index (Phi) is 9.38. The molecule has 8 nitrogen and oxygen atoms in total. The molecule has 1 aromatic carbocycles. The van der Waals surface area contributed by atoms with Gasteiger partial charge in [0.1, 0.15) is 5.82 Å². The summed E-state index contributed by atoms with van der Waals surface area (Å²) in [7, 11) is 2.16. The molecular formula is C28H37N7O. The van der Waals surface area contributed by atoms with E-state index < -0.39 is 0 Å². The molecule has 1 saturated heterocycles. The molecule has 190 valence electrons. The highest BCUT2D eigenvalue weighted by Crippen LogP contribution is 2.14. The maximum absolute atomic E-state index is 12.4. The Morgan fingerprint density at radius 2 is 1.58 bits per heavy atom. The summed E-state index contributed by atoms with van der Waals surface area (Å²) >= 11 is 0. The Hall–Kier alpha value is -3.33. The number of nitrogens with one attached hydrogen (secondary N) is 3. The Bertz CT molecular complexity index is 1080. The molecule has 3 heterocycles. The second-order valence-electron chi connectivity index (χ2n) is 9.34. The molecule has 8 heteroatoms. The standard InChI is InChI=1S/C28H37N7O/c1-22(31-21-25-6-3-4-13-30-25)28(36)32-19-24-11-9-23(10-12-24)18-29-20-26-7-5-8-27(33-26)35-16-14-34(2)15-17-35/h3-13,22,29,31H,14-21H2,1-2H3,(H,32,36)/t22-/m0/s1. The second-order valence-corrected chi connectivity index (χ2v) is 9.34. The van der Waals surface area contributed by atoms with Crippen molar-refractivity contribution in [2.75, 3.05) is 38.1 Å². The lowest BCUT2D eigenvalue weighted by Gasteiger charge is -2.33. The zero-order chi connectivity index (χ0) is 25.2. The van der Waals surface area contributed by atoms with Crippen LogP contribution in [0.3, 0.4) is 0 Å². The monoisotopic (exact) mass is 487 g/mol. The number of carbonyl (C=O) groups is 1. The lowest BCUT2D eigenvalue weighted by atomic mass is 10.1. The minimum absolute atomic E-state index is 0.0250. The Morgan fingerprint density at radius 1 is 0.861 bits per heavy atom.